The number of hydrogen-bond acceptors (Lipinski definition) is 3. The highest BCUT2D eigenvalue weighted by Gasteiger charge is 2.19. The van der Waals surface area contributed by atoms with Crippen molar-refractivity contribution in [2.45, 2.75) is 33.1 Å². The minimum absolute atomic E-state index is 0.215. The predicted molar refractivity (Wildman–Crippen MR) is 84.4 cm³/mol. The highest BCUT2D eigenvalue weighted by atomic mass is 16.4. The molecule has 1 heterocycles. The molecule has 2 rings (SSSR count). The van der Waals surface area contributed by atoms with Crippen molar-refractivity contribution in [1.29, 1.82) is 0 Å². The molecule has 2 N–H and O–H groups in total. The number of pyridine rings is 1. The average Bonchev–Trinajstić information content (AvgIpc) is 2.40. The SMILES string of the molecule is Cc1ccccc1Nc1cc(C(=O)O)cc(C(C)(C)C)n1. The lowest BCUT2D eigenvalue weighted by molar-refractivity contribution is 0.0696. The van der Waals surface area contributed by atoms with Crippen molar-refractivity contribution in [1.82, 2.24) is 4.98 Å². The number of hydrogen-bond donors (Lipinski definition) is 2. The van der Waals surface area contributed by atoms with E-state index in [1.165, 1.54) is 0 Å². The number of para-hydroxylation sites is 1. The summed E-state index contributed by atoms with van der Waals surface area (Å²) in [6, 6.07) is 11.0. The smallest absolute Gasteiger partial charge is 0.335 e. The van der Waals surface area contributed by atoms with Gasteiger partial charge in [-0.25, -0.2) is 9.78 Å². The number of aryl methyl sites for hydroxylation is 1. The third kappa shape index (κ3) is 3.60. The van der Waals surface area contributed by atoms with Crippen LogP contribution in [-0.2, 0) is 5.41 Å². The van der Waals surface area contributed by atoms with E-state index in [0.717, 1.165) is 16.9 Å². The molecule has 2 aromatic rings. The summed E-state index contributed by atoms with van der Waals surface area (Å²) in [6.45, 7) is 8.03. The molecule has 110 valence electrons. The zero-order valence-electron chi connectivity index (χ0n) is 12.8. The van der Waals surface area contributed by atoms with Gasteiger partial charge in [-0.05, 0) is 30.7 Å². The first-order chi connectivity index (χ1) is 9.77. The van der Waals surface area contributed by atoms with Gasteiger partial charge in [-0.1, -0.05) is 39.0 Å². The molecule has 0 spiro atoms. The van der Waals surface area contributed by atoms with Crippen LogP contribution < -0.4 is 5.32 Å². The number of nitrogens with zero attached hydrogens (tertiary/aromatic N) is 1. The summed E-state index contributed by atoms with van der Waals surface area (Å²) in [6.07, 6.45) is 0. The van der Waals surface area contributed by atoms with Crippen LogP contribution in [0.4, 0.5) is 11.5 Å². The van der Waals surface area contributed by atoms with Crippen molar-refractivity contribution in [3.63, 3.8) is 0 Å². The Balaban J connectivity index is 2.46. The highest BCUT2D eigenvalue weighted by Crippen LogP contribution is 2.25. The number of rotatable bonds is 3. The molecule has 0 atom stereocenters. The number of carboxylic acid groups (broad SMARTS) is 1. The fourth-order valence-corrected chi connectivity index (χ4v) is 1.95. The molecule has 0 saturated carbocycles. The van der Waals surface area contributed by atoms with Gasteiger partial charge in [-0.3, -0.25) is 0 Å². The number of aromatic carboxylic acids is 1. The normalized spacial score (nSPS) is 11.2. The van der Waals surface area contributed by atoms with Gasteiger partial charge < -0.3 is 10.4 Å². The van der Waals surface area contributed by atoms with Crippen molar-refractivity contribution >= 4 is 17.5 Å². The summed E-state index contributed by atoms with van der Waals surface area (Å²) >= 11 is 0. The largest absolute Gasteiger partial charge is 0.478 e. The van der Waals surface area contributed by atoms with Gasteiger partial charge in [0.1, 0.15) is 5.82 Å². The van der Waals surface area contributed by atoms with Crippen LogP contribution in [0.15, 0.2) is 36.4 Å². The predicted octanol–water partition coefficient (Wildman–Crippen LogP) is 4.13. The van der Waals surface area contributed by atoms with Gasteiger partial charge in [0, 0.05) is 16.8 Å². The topological polar surface area (TPSA) is 62.2 Å². The van der Waals surface area contributed by atoms with Gasteiger partial charge in [0.2, 0.25) is 0 Å². The van der Waals surface area contributed by atoms with Gasteiger partial charge in [0.15, 0.2) is 0 Å². The molecule has 0 aliphatic carbocycles. The van der Waals surface area contributed by atoms with Gasteiger partial charge in [0.05, 0.1) is 5.56 Å². The van der Waals surface area contributed by atoms with Crippen LogP contribution in [0.5, 0.6) is 0 Å². The maximum Gasteiger partial charge on any atom is 0.335 e. The zero-order chi connectivity index (χ0) is 15.6. The van der Waals surface area contributed by atoms with E-state index < -0.39 is 5.97 Å². The molecular formula is C17H20N2O2. The van der Waals surface area contributed by atoms with E-state index in [0.29, 0.717) is 5.82 Å². The van der Waals surface area contributed by atoms with Gasteiger partial charge in [-0.15, -0.1) is 0 Å². The number of carboxylic acids is 1. The molecule has 0 aliphatic heterocycles. The van der Waals surface area contributed by atoms with Crippen LogP contribution >= 0.6 is 0 Å². The molecule has 0 unspecified atom stereocenters. The summed E-state index contributed by atoms with van der Waals surface area (Å²) in [5, 5.41) is 12.5. The minimum atomic E-state index is -0.948. The molecule has 0 radical (unpaired) electrons. The summed E-state index contributed by atoms with van der Waals surface area (Å²) in [4.78, 5) is 15.8. The van der Waals surface area contributed by atoms with Crippen LogP contribution in [0.1, 0.15) is 42.4 Å². The van der Waals surface area contributed by atoms with Crippen LogP contribution in [0.2, 0.25) is 0 Å². The first-order valence-corrected chi connectivity index (χ1v) is 6.86. The average molecular weight is 284 g/mol. The second-order valence-corrected chi connectivity index (χ2v) is 6.12. The van der Waals surface area contributed by atoms with Gasteiger partial charge in [0.25, 0.3) is 0 Å². The van der Waals surface area contributed by atoms with Crippen LogP contribution in [-0.4, -0.2) is 16.1 Å². The Morgan fingerprint density at radius 1 is 1.19 bits per heavy atom. The van der Waals surface area contributed by atoms with Crippen molar-refractivity contribution in [2.75, 3.05) is 5.32 Å². The molecule has 0 amide bonds. The molecule has 0 fully saturated rings. The Kier molecular flexibility index (Phi) is 3.98. The van der Waals surface area contributed by atoms with Gasteiger partial charge in [-0.2, -0.15) is 0 Å². The van der Waals surface area contributed by atoms with Crippen molar-refractivity contribution in [3.05, 3.63) is 53.2 Å². The molecule has 1 aromatic heterocycles. The number of aromatic nitrogens is 1. The van der Waals surface area contributed by atoms with E-state index >= 15 is 0 Å². The molecule has 1 aromatic carbocycles. The van der Waals surface area contributed by atoms with E-state index in [2.05, 4.69) is 10.3 Å². The molecular weight excluding hydrogens is 264 g/mol. The van der Waals surface area contributed by atoms with Crippen molar-refractivity contribution < 1.29 is 9.90 Å². The standard InChI is InChI=1S/C17H20N2O2/c1-11-7-5-6-8-13(11)18-15-10-12(16(20)21)9-14(19-15)17(2,3)4/h5-10H,1-4H3,(H,18,19)(H,20,21). The third-order valence-electron chi connectivity index (χ3n) is 3.25. The van der Waals surface area contributed by atoms with E-state index in [4.69, 9.17) is 0 Å². The molecule has 0 bridgehead atoms. The Labute approximate surface area is 124 Å². The monoisotopic (exact) mass is 284 g/mol. The van der Waals surface area contributed by atoms with Gasteiger partial charge >= 0.3 is 5.97 Å². The van der Waals surface area contributed by atoms with Crippen molar-refractivity contribution in [2.24, 2.45) is 0 Å². The number of anilines is 2. The second kappa shape index (κ2) is 5.56. The molecule has 4 heteroatoms. The molecule has 21 heavy (non-hydrogen) atoms. The number of benzene rings is 1. The molecule has 4 nitrogen and oxygen atoms in total. The summed E-state index contributed by atoms with van der Waals surface area (Å²) in [5.74, 6) is -0.398. The Morgan fingerprint density at radius 3 is 2.43 bits per heavy atom. The lowest BCUT2D eigenvalue weighted by Crippen LogP contribution is -2.16. The van der Waals surface area contributed by atoms with Crippen LogP contribution in [0, 0.1) is 6.92 Å². The maximum atomic E-state index is 11.3. The second-order valence-electron chi connectivity index (χ2n) is 6.12. The van der Waals surface area contributed by atoms with Crippen LogP contribution in [0.3, 0.4) is 0 Å². The van der Waals surface area contributed by atoms with E-state index in [-0.39, 0.29) is 11.0 Å². The van der Waals surface area contributed by atoms with E-state index in [9.17, 15) is 9.90 Å². The van der Waals surface area contributed by atoms with E-state index in [1.807, 2.05) is 52.0 Å². The minimum Gasteiger partial charge on any atom is -0.478 e. The summed E-state index contributed by atoms with van der Waals surface area (Å²) in [7, 11) is 0. The molecule has 0 saturated heterocycles. The maximum absolute atomic E-state index is 11.3. The fourth-order valence-electron chi connectivity index (χ4n) is 1.95. The first-order valence-electron chi connectivity index (χ1n) is 6.86. The lowest BCUT2D eigenvalue weighted by atomic mass is 9.90. The Hall–Kier alpha value is -2.36. The summed E-state index contributed by atoms with van der Waals surface area (Å²) in [5.41, 5.74) is 2.78. The number of carbonyl (C=O) groups is 1. The Bertz CT molecular complexity index is 673. The van der Waals surface area contributed by atoms with Crippen LogP contribution in [0.25, 0.3) is 0 Å². The molecule has 0 aliphatic rings. The first kappa shape index (κ1) is 15.0. The van der Waals surface area contributed by atoms with E-state index in [1.54, 1.807) is 12.1 Å². The van der Waals surface area contributed by atoms with Crippen molar-refractivity contribution in [3.8, 4) is 0 Å². The lowest BCUT2D eigenvalue weighted by Gasteiger charge is -2.20. The quantitative estimate of drug-likeness (QED) is 0.889. The highest BCUT2D eigenvalue weighted by molar-refractivity contribution is 5.89. The zero-order valence-corrected chi connectivity index (χ0v) is 12.8. The number of nitrogens with one attached hydrogen (secondary N) is 1. The fraction of sp³-hybridized carbons (Fsp3) is 0.294. The summed E-state index contributed by atoms with van der Waals surface area (Å²) < 4.78 is 0. The third-order valence-corrected chi connectivity index (χ3v) is 3.25. The Morgan fingerprint density at radius 2 is 1.86 bits per heavy atom.